The van der Waals surface area contributed by atoms with Gasteiger partial charge in [-0.15, -0.1) is 0 Å². The summed E-state index contributed by atoms with van der Waals surface area (Å²) in [5.41, 5.74) is 6.80. The van der Waals surface area contributed by atoms with E-state index in [-0.39, 0.29) is 10.3 Å². The summed E-state index contributed by atoms with van der Waals surface area (Å²) in [4.78, 5) is 12.8. The van der Waals surface area contributed by atoms with Gasteiger partial charge in [0.1, 0.15) is 6.54 Å². The van der Waals surface area contributed by atoms with Gasteiger partial charge >= 0.3 is 0 Å². The van der Waals surface area contributed by atoms with Gasteiger partial charge < -0.3 is 0 Å². The molecule has 0 atom stereocenters. The van der Waals surface area contributed by atoms with E-state index in [0.717, 1.165) is 21.0 Å². The number of halogens is 1. The third-order valence-corrected chi connectivity index (χ3v) is 7.69. The highest BCUT2D eigenvalue weighted by molar-refractivity contribution is 7.92. The second-order valence-corrected chi connectivity index (χ2v) is 11.7. The standard InChI is InChI=1S/C27H30ClN3O3S/c1-19-6-13-24(16-20(19)2)31(35(33,34)25-14-11-23(28)12-15-25)18-26(32)30-29-17-21-7-9-22(10-8-21)27(3,4)5/h6-17H,18H2,1-5H3,(H,30,32)/b29-17-. The minimum absolute atomic E-state index is 0.0374. The van der Waals surface area contributed by atoms with Crippen LogP contribution < -0.4 is 9.73 Å². The van der Waals surface area contributed by atoms with Gasteiger partial charge in [-0.1, -0.05) is 62.7 Å². The Morgan fingerprint density at radius 1 is 0.971 bits per heavy atom. The van der Waals surface area contributed by atoms with E-state index in [0.29, 0.717) is 10.7 Å². The Labute approximate surface area is 212 Å². The van der Waals surface area contributed by atoms with Crippen LogP contribution in [-0.2, 0) is 20.2 Å². The van der Waals surface area contributed by atoms with E-state index in [1.807, 2.05) is 44.2 Å². The molecule has 0 aliphatic rings. The zero-order valence-corrected chi connectivity index (χ0v) is 22.1. The minimum atomic E-state index is -4.03. The fourth-order valence-corrected chi connectivity index (χ4v) is 4.88. The summed E-state index contributed by atoms with van der Waals surface area (Å²) < 4.78 is 28.0. The van der Waals surface area contributed by atoms with Crippen LogP contribution in [0.3, 0.4) is 0 Å². The van der Waals surface area contributed by atoms with Crippen LogP contribution in [0.15, 0.2) is 76.7 Å². The predicted molar refractivity (Wildman–Crippen MR) is 143 cm³/mol. The molecule has 0 fully saturated rings. The number of carbonyl (C=O) groups is 1. The van der Waals surface area contributed by atoms with Crippen molar-refractivity contribution in [3.8, 4) is 0 Å². The van der Waals surface area contributed by atoms with Crippen LogP contribution in [0.4, 0.5) is 5.69 Å². The molecule has 1 N–H and O–H groups in total. The lowest BCUT2D eigenvalue weighted by Gasteiger charge is -2.24. The van der Waals surface area contributed by atoms with Gasteiger partial charge in [0.2, 0.25) is 0 Å². The summed E-state index contributed by atoms with van der Waals surface area (Å²) in [6.07, 6.45) is 1.53. The Bertz CT molecular complexity index is 1330. The molecule has 35 heavy (non-hydrogen) atoms. The number of hydrazone groups is 1. The lowest BCUT2D eigenvalue weighted by atomic mass is 9.87. The number of aryl methyl sites for hydroxylation is 2. The van der Waals surface area contributed by atoms with Crippen LogP contribution in [0.5, 0.6) is 0 Å². The maximum absolute atomic E-state index is 13.4. The first-order valence-electron chi connectivity index (χ1n) is 11.2. The lowest BCUT2D eigenvalue weighted by Crippen LogP contribution is -2.39. The van der Waals surface area contributed by atoms with Crippen molar-refractivity contribution in [3.63, 3.8) is 0 Å². The number of nitrogens with zero attached hydrogens (tertiary/aromatic N) is 2. The number of anilines is 1. The van der Waals surface area contributed by atoms with E-state index in [4.69, 9.17) is 11.6 Å². The summed E-state index contributed by atoms with van der Waals surface area (Å²) >= 11 is 5.93. The monoisotopic (exact) mass is 511 g/mol. The van der Waals surface area contributed by atoms with Crippen molar-refractivity contribution >= 4 is 39.4 Å². The van der Waals surface area contributed by atoms with Gasteiger partial charge in [-0.3, -0.25) is 9.10 Å². The van der Waals surface area contributed by atoms with E-state index in [1.54, 1.807) is 12.1 Å². The van der Waals surface area contributed by atoms with Crippen molar-refractivity contribution in [2.24, 2.45) is 5.10 Å². The number of hydrogen-bond donors (Lipinski definition) is 1. The van der Waals surface area contributed by atoms with Crippen molar-refractivity contribution in [1.29, 1.82) is 0 Å². The Balaban J connectivity index is 1.82. The van der Waals surface area contributed by atoms with Crippen molar-refractivity contribution in [3.05, 3.63) is 94.0 Å². The number of carbonyl (C=O) groups excluding carboxylic acids is 1. The van der Waals surface area contributed by atoms with Gasteiger partial charge in [0, 0.05) is 5.02 Å². The third kappa shape index (κ3) is 6.71. The van der Waals surface area contributed by atoms with E-state index in [9.17, 15) is 13.2 Å². The van der Waals surface area contributed by atoms with E-state index in [1.165, 1.54) is 36.0 Å². The molecule has 0 aliphatic carbocycles. The molecule has 3 aromatic carbocycles. The predicted octanol–water partition coefficient (Wildman–Crippen LogP) is 5.60. The molecule has 0 radical (unpaired) electrons. The molecular formula is C27H30ClN3O3S. The molecule has 0 heterocycles. The first-order chi connectivity index (χ1) is 16.4. The molecule has 3 aromatic rings. The Kier molecular flexibility index (Phi) is 8.03. The molecule has 1 amide bonds. The van der Waals surface area contributed by atoms with E-state index < -0.39 is 22.5 Å². The van der Waals surface area contributed by atoms with Gasteiger partial charge in [-0.25, -0.2) is 13.8 Å². The summed E-state index contributed by atoms with van der Waals surface area (Å²) in [5, 5.41) is 4.44. The molecule has 0 unspecified atom stereocenters. The normalized spacial score (nSPS) is 12.1. The summed E-state index contributed by atoms with van der Waals surface area (Å²) in [6.45, 7) is 9.79. The lowest BCUT2D eigenvalue weighted by molar-refractivity contribution is -0.119. The molecule has 0 aromatic heterocycles. The van der Waals surface area contributed by atoms with Crippen LogP contribution in [-0.4, -0.2) is 27.1 Å². The fourth-order valence-electron chi connectivity index (χ4n) is 3.34. The van der Waals surface area contributed by atoms with E-state index >= 15 is 0 Å². The van der Waals surface area contributed by atoms with Crippen LogP contribution in [0, 0.1) is 13.8 Å². The van der Waals surface area contributed by atoms with Crippen LogP contribution in [0.1, 0.15) is 43.0 Å². The largest absolute Gasteiger partial charge is 0.271 e. The molecule has 6 nitrogen and oxygen atoms in total. The average molecular weight is 512 g/mol. The molecule has 184 valence electrons. The number of benzene rings is 3. The molecule has 0 saturated carbocycles. The van der Waals surface area contributed by atoms with Crippen LogP contribution in [0.2, 0.25) is 5.02 Å². The van der Waals surface area contributed by atoms with E-state index in [2.05, 4.69) is 31.3 Å². The first kappa shape index (κ1) is 26.4. The quantitative estimate of drug-likeness (QED) is 0.331. The van der Waals surface area contributed by atoms with Crippen molar-refractivity contribution in [2.45, 2.75) is 44.9 Å². The molecule has 0 spiro atoms. The first-order valence-corrected chi connectivity index (χ1v) is 13.0. The van der Waals surface area contributed by atoms with Gasteiger partial charge in [-0.05, 0) is 77.9 Å². The van der Waals surface area contributed by atoms with Gasteiger partial charge in [-0.2, -0.15) is 5.10 Å². The third-order valence-electron chi connectivity index (χ3n) is 5.65. The summed E-state index contributed by atoms with van der Waals surface area (Å²) in [6, 6.07) is 19.0. The van der Waals surface area contributed by atoms with Crippen molar-refractivity contribution in [2.75, 3.05) is 10.8 Å². The maximum Gasteiger partial charge on any atom is 0.264 e. The highest BCUT2D eigenvalue weighted by Gasteiger charge is 2.27. The molecule has 0 aliphatic heterocycles. The second kappa shape index (κ2) is 10.6. The topological polar surface area (TPSA) is 78.8 Å². The van der Waals surface area contributed by atoms with Crippen molar-refractivity contribution in [1.82, 2.24) is 5.43 Å². The number of nitrogens with one attached hydrogen (secondary N) is 1. The van der Waals surface area contributed by atoms with Crippen LogP contribution in [0.25, 0.3) is 0 Å². The number of hydrogen-bond acceptors (Lipinski definition) is 4. The fraction of sp³-hybridized carbons (Fsp3) is 0.259. The average Bonchev–Trinajstić information content (AvgIpc) is 2.79. The van der Waals surface area contributed by atoms with Gasteiger partial charge in [0.05, 0.1) is 16.8 Å². The zero-order valence-electron chi connectivity index (χ0n) is 20.5. The highest BCUT2D eigenvalue weighted by atomic mass is 35.5. The number of amides is 1. The Morgan fingerprint density at radius 2 is 1.60 bits per heavy atom. The second-order valence-electron chi connectivity index (χ2n) is 9.40. The zero-order chi connectivity index (χ0) is 25.8. The summed E-state index contributed by atoms with van der Waals surface area (Å²) in [7, 11) is -4.03. The highest BCUT2D eigenvalue weighted by Crippen LogP contribution is 2.26. The summed E-state index contributed by atoms with van der Waals surface area (Å²) in [5.74, 6) is -0.566. The van der Waals surface area contributed by atoms with Gasteiger partial charge in [0.25, 0.3) is 15.9 Å². The number of rotatable bonds is 7. The van der Waals surface area contributed by atoms with Crippen molar-refractivity contribution < 1.29 is 13.2 Å². The molecule has 8 heteroatoms. The van der Waals surface area contributed by atoms with Crippen LogP contribution >= 0.6 is 11.6 Å². The minimum Gasteiger partial charge on any atom is -0.271 e. The van der Waals surface area contributed by atoms with Gasteiger partial charge in [0.15, 0.2) is 0 Å². The number of sulfonamides is 1. The Morgan fingerprint density at radius 3 is 2.17 bits per heavy atom. The molecular weight excluding hydrogens is 482 g/mol. The SMILES string of the molecule is Cc1ccc(N(CC(=O)N/N=C\c2ccc(C(C)(C)C)cc2)S(=O)(=O)c2ccc(Cl)cc2)cc1C. The maximum atomic E-state index is 13.4. The Hall–Kier alpha value is -3.16. The smallest absolute Gasteiger partial charge is 0.264 e. The molecule has 3 rings (SSSR count). The molecule has 0 saturated heterocycles. The molecule has 0 bridgehead atoms.